The van der Waals surface area contributed by atoms with Gasteiger partial charge in [0, 0.05) is 33.8 Å². The van der Waals surface area contributed by atoms with Gasteiger partial charge in [0.15, 0.2) is 5.82 Å². The van der Waals surface area contributed by atoms with Gasteiger partial charge in [-0.15, -0.1) is 0 Å². The van der Waals surface area contributed by atoms with E-state index < -0.39 is 0 Å². The van der Waals surface area contributed by atoms with Gasteiger partial charge in [0.1, 0.15) is 0 Å². The first kappa shape index (κ1) is 33.5. The Hall–Kier alpha value is -7.36. The summed E-state index contributed by atoms with van der Waals surface area (Å²) in [6.07, 6.45) is 0. The Morgan fingerprint density at radius 1 is 0.236 bits per heavy atom. The summed E-state index contributed by atoms with van der Waals surface area (Å²) in [6, 6.07) is 78.7. The predicted octanol–water partition coefficient (Wildman–Crippen LogP) is 13.9. The summed E-state index contributed by atoms with van der Waals surface area (Å²) < 4.78 is 0. The molecule has 8 aromatic carbocycles. The smallest absolute Gasteiger partial charge is 0.160 e. The second-order valence-corrected chi connectivity index (χ2v) is 13.5. The molecule has 0 spiro atoms. The van der Waals surface area contributed by atoms with Crippen LogP contribution in [0.25, 0.3) is 67.3 Å². The molecule has 0 unspecified atom stereocenters. The third kappa shape index (κ3) is 7.33. The maximum atomic E-state index is 5.01. The summed E-state index contributed by atoms with van der Waals surface area (Å²) in [5.41, 5.74) is 15.3. The van der Waals surface area contributed by atoms with Gasteiger partial charge in [-0.2, -0.15) is 0 Å². The lowest BCUT2D eigenvalue weighted by atomic mass is 10.00. The topological polar surface area (TPSA) is 29.0 Å². The Balaban J connectivity index is 0.983. The fraction of sp³-hybridized carbons (Fsp3) is 0. The second kappa shape index (κ2) is 15.3. The van der Waals surface area contributed by atoms with Crippen molar-refractivity contribution < 1.29 is 0 Å². The van der Waals surface area contributed by atoms with Gasteiger partial charge in [-0.3, -0.25) is 0 Å². The van der Waals surface area contributed by atoms with Crippen LogP contribution in [0.4, 0.5) is 17.1 Å². The third-order valence-corrected chi connectivity index (χ3v) is 9.93. The minimum atomic E-state index is 0.704. The van der Waals surface area contributed by atoms with Crippen LogP contribution >= 0.6 is 0 Å². The number of rotatable bonds is 9. The number of hydrogen-bond acceptors (Lipinski definition) is 3. The molecule has 0 radical (unpaired) electrons. The molecule has 0 atom stereocenters. The maximum absolute atomic E-state index is 5.01. The molecule has 1 aromatic heterocycles. The van der Waals surface area contributed by atoms with Crippen molar-refractivity contribution in [2.45, 2.75) is 0 Å². The van der Waals surface area contributed by atoms with Crippen molar-refractivity contribution in [3.8, 4) is 67.3 Å². The highest BCUT2D eigenvalue weighted by Gasteiger charge is 2.14. The van der Waals surface area contributed by atoms with Crippen LogP contribution in [0.1, 0.15) is 0 Å². The van der Waals surface area contributed by atoms with E-state index in [1.54, 1.807) is 0 Å². The zero-order valence-electron chi connectivity index (χ0n) is 30.2. The largest absolute Gasteiger partial charge is 0.311 e. The Morgan fingerprint density at radius 2 is 0.509 bits per heavy atom. The zero-order chi connectivity index (χ0) is 36.8. The fourth-order valence-electron chi connectivity index (χ4n) is 7.02. The molecule has 0 aliphatic rings. The summed E-state index contributed by atoms with van der Waals surface area (Å²) in [7, 11) is 0. The molecule has 0 saturated heterocycles. The molecule has 0 saturated carbocycles. The minimum Gasteiger partial charge on any atom is -0.311 e. The molecule has 9 rings (SSSR count). The molecular weight excluding hydrogens is 667 g/mol. The lowest BCUT2D eigenvalue weighted by Gasteiger charge is -2.26. The van der Waals surface area contributed by atoms with Gasteiger partial charge in [-0.25, -0.2) is 9.97 Å². The highest BCUT2D eigenvalue weighted by atomic mass is 15.1. The van der Waals surface area contributed by atoms with Crippen LogP contribution in [0.15, 0.2) is 224 Å². The van der Waals surface area contributed by atoms with Gasteiger partial charge in [0.2, 0.25) is 0 Å². The van der Waals surface area contributed by atoms with E-state index in [1.165, 1.54) is 22.3 Å². The molecule has 55 heavy (non-hydrogen) atoms. The van der Waals surface area contributed by atoms with Crippen molar-refractivity contribution >= 4 is 17.1 Å². The first-order valence-corrected chi connectivity index (χ1v) is 18.6. The second-order valence-electron chi connectivity index (χ2n) is 13.5. The highest BCUT2D eigenvalue weighted by molar-refractivity contribution is 5.81. The van der Waals surface area contributed by atoms with E-state index >= 15 is 0 Å². The first-order chi connectivity index (χ1) is 27.2. The molecule has 1 heterocycles. The average molecular weight is 704 g/mol. The normalized spacial score (nSPS) is 10.9. The Labute approximate surface area is 322 Å². The third-order valence-electron chi connectivity index (χ3n) is 9.93. The summed E-state index contributed by atoms with van der Waals surface area (Å²) in [4.78, 5) is 12.3. The summed E-state index contributed by atoms with van der Waals surface area (Å²) in [5, 5.41) is 0. The monoisotopic (exact) mass is 703 g/mol. The van der Waals surface area contributed by atoms with Gasteiger partial charge in [-0.05, 0) is 75.8 Å². The summed E-state index contributed by atoms with van der Waals surface area (Å²) in [6.45, 7) is 0. The van der Waals surface area contributed by atoms with Crippen LogP contribution in [-0.4, -0.2) is 9.97 Å². The van der Waals surface area contributed by atoms with E-state index in [0.29, 0.717) is 5.82 Å². The molecule has 3 nitrogen and oxygen atoms in total. The van der Waals surface area contributed by atoms with Gasteiger partial charge in [-0.1, -0.05) is 182 Å². The van der Waals surface area contributed by atoms with E-state index in [4.69, 9.17) is 9.97 Å². The van der Waals surface area contributed by atoms with Crippen molar-refractivity contribution in [3.63, 3.8) is 0 Å². The zero-order valence-corrected chi connectivity index (χ0v) is 30.2. The summed E-state index contributed by atoms with van der Waals surface area (Å²) in [5.74, 6) is 0.704. The van der Waals surface area contributed by atoms with Crippen molar-refractivity contribution in [3.05, 3.63) is 224 Å². The molecule has 3 heteroatoms. The SMILES string of the molecule is c1ccc(-c2ccc(-c3ccc(N(c4ccccc4)c4ccc(-c5ccc(-c6nc(-c7ccccc7)cc(-c7ccccc7)n6)cc5)cc4)cc3)cc2)cc1. The molecule has 9 aromatic rings. The summed E-state index contributed by atoms with van der Waals surface area (Å²) >= 11 is 0. The molecular formula is C52H37N3. The number of hydrogen-bond donors (Lipinski definition) is 0. The van der Waals surface area contributed by atoms with Gasteiger partial charge < -0.3 is 4.90 Å². The van der Waals surface area contributed by atoms with Crippen LogP contribution in [-0.2, 0) is 0 Å². The van der Waals surface area contributed by atoms with Gasteiger partial charge in [0.05, 0.1) is 11.4 Å². The van der Waals surface area contributed by atoms with Crippen molar-refractivity contribution in [1.29, 1.82) is 0 Å². The molecule has 0 N–H and O–H groups in total. The van der Waals surface area contributed by atoms with E-state index in [1.807, 2.05) is 36.4 Å². The van der Waals surface area contributed by atoms with Crippen molar-refractivity contribution in [2.75, 3.05) is 4.90 Å². The number of para-hydroxylation sites is 1. The number of anilines is 3. The highest BCUT2D eigenvalue weighted by Crippen LogP contribution is 2.37. The molecule has 0 aliphatic carbocycles. The van der Waals surface area contributed by atoms with Crippen molar-refractivity contribution in [1.82, 2.24) is 9.97 Å². The lowest BCUT2D eigenvalue weighted by molar-refractivity contribution is 1.18. The van der Waals surface area contributed by atoms with Gasteiger partial charge in [0.25, 0.3) is 0 Å². The number of aromatic nitrogens is 2. The molecule has 260 valence electrons. The quantitative estimate of drug-likeness (QED) is 0.150. The van der Waals surface area contributed by atoms with Crippen LogP contribution < -0.4 is 4.90 Å². The molecule has 0 aliphatic heterocycles. The predicted molar refractivity (Wildman–Crippen MR) is 229 cm³/mol. The molecule has 0 bridgehead atoms. The van der Waals surface area contributed by atoms with E-state index in [0.717, 1.165) is 56.3 Å². The Morgan fingerprint density at radius 3 is 0.891 bits per heavy atom. The van der Waals surface area contributed by atoms with E-state index in [-0.39, 0.29) is 0 Å². The first-order valence-electron chi connectivity index (χ1n) is 18.6. The van der Waals surface area contributed by atoms with Crippen LogP contribution in [0.2, 0.25) is 0 Å². The minimum absolute atomic E-state index is 0.704. The molecule has 0 amide bonds. The lowest BCUT2D eigenvalue weighted by Crippen LogP contribution is -2.09. The molecule has 0 fully saturated rings. The fourth-order valence-corrected chi connectivity index (χ4v) is 7.02. The van der Waals surface area contributed by atoms with Crippen LogP contribution in [0, 0.1) is 0 Å². The Bertz CT molecular complexity index is 2570. The standard InChI is InChI=1S/C52H37N3/c1-5-13-38(14-6-1)39-21-23-40(24-22-39)42-29-33-48(34-30-42)55(47-19-11-4-12-20-47)49-35-31-43(32-36-49)41-25-27-46(28-26-41)52-53-50(44-15-7-2-8-16-44)37-51(54-52)45-17-9-3-10-18-45/h1-37H. The maximum Gasteiger partial charge on any atom is 0.160 e. The Kier molecular flexibility index (Phi) is 9.32. The van der Waals surface area contributed by atoms with E-state index in [9.17, 15) is 0 Å². The number of benzene rings is 8. The number of nitrogens with zero attached hydrogens (tertiary/aromatic N) is 3. The average Bonchev–Trinajstić information content (AvgIpc) is 3.28. The van der Waals surface area contributed by atoms with E-state index in [2.05, 4.69) is 193 Å². The van der Waals surface area contributed by atoms with Crippen molar-refractivity contribution in [2.24, 2.45) is 0 Å². The van der Waals surface area contributed by atoms with Gasteiger partial charge >= 0.3 is 0 Å². The van der Waals surface area contributed by atoms with Crippen LogP contribution in [0.3, 0.4) is 0 Å². The van der Waals surface area contributed by atoms with Crippen LogP contribution in [0.5, 0.6) is 0 Å².